The number of carbonyl (C=O) groups excluding carboxylic acids is 3. The predicted octanol–water partition coefficient (Wildman–Crippen LogP) is 4.52. The summed E-state index contributed by atoms with van der Waals surface area (Å²) >= 11 is 0. The Hall–Kier alpha value is -4.21. The number of carbonyl (C=O) groups is 3. The molecule has 10 nitrogen and oxygen atoms in total. The van der Waals surface area contributed by atoms with Gasteiger partial charge in [0.25, 0.3) is 0 Å². The lowest BCUT2D eigenvalue weighted by Crippen LogP contribution is -2.66. The fourth-order valence-electron chi connectivity index (χ4n) is 6.82. The fraction of sp³-hybridized carbons (Fsp3) is 0.452. The van der Waals surface area contributed by atoms with Crippen LogP contribution >= 0.6 is 0 Å². The molecule has 1 amide bonds. The van der Waals surface area contributed by atoms with Crippen LogP contribution < -0.4 is 9.47 Å². The van der Waals surface area contributed by atoms with Gasteiger partial charge in [0, 0.05) is 30.0 Å². The lowest BCUT2D eigenvalue weighted by molar-refractivity contribution is -0.0646. The Bertz CT molecular complexity index is 1470. The van der Waals surface area contributed by atoms with E-state index in [9.17, 15) is 14.4 Å². The van der Waals surface area contributed by atoms with Gasteiger partial charge in [0.1, 0.15) is 25.9 Å². The lowest BCUT2D eigenvalue weighted by atomic mass is 9.53. The van der Waals surface area contributed by atoms with E-state index in [1.807, 2.05) is 47.4 Å². The highest BCUT2D eigenvalue weighted by molar-refractivity contribution is 5.72. The SMILES string of the molecule is O=C(OCC1=CC1)Oc1ccc2c3c1O[C@H]1C(OC(=O)OCC4C=C4)C=CC4[C@@H](C2)N(C(=O)OCC2=CC2)CC[C@@]341. The van der Waals surface area contributed by atoms with Gasteiger partial charge in [-0.25, -0.2) is 14.4 Å². The van der Waals surface area contributed by atoms with Crippen molar-refractivity contribution < 1.29 is 42.8 Å². The summed E-state index contributed by atoms with van der Waals surface area (Å²) in [7, 11) is 0. The molecule has 0 radical (unpaired) electrons. The van der Waals surface area contributed by atoms with Crippen LogP contribution in [-0.4, -0.2) is 67.9 Å². The zero-order chi connectivity index (χ0) is 27.7. The topological polar surface area (TPSA) is 110 Å². The molecule has 2 bridgehead atoms. The van der Waals surface area contributed by atoms with Crippen LogP contribution in [-0.2, 0) is 30.8 Å². The molecule has 5 aliphatic carbocycles. The van der Waals surface area contributed by atoms with Crippen LogP contribution in [0.3, 0.4) is 0 Å². The van der Waals surface area contributed by atoms with Crippen LogP contribution in [0.15, 0.2) is 59.7 Å². The summed E-state index contributed by atoms with van der Waals surface area (Å²) < 4.78 is 34.2. The second-order valence-electron chi connectivity index (χ2n) is 11.7. The van der Waals surface area contributed by atoms with Gasteiger partial charge < -0.3 is 33.3 Å². The van der Waals surface area contributed by atoms with Gasteiger partial charge in [0.2, 0.25) is 0 Å². The second kappa shape index (κ2) is 9.15. The van der Waals surface area contributed by atoms with Crippen LogP contribution in [0.1, 0.15) is 30.4 Å². The average molecular weight is 560 g/mol. The Labute approximate surface area is 236 Å². The third-order valence-corrected chi connectivity index (χ3v) is 9.10. The summed E-state index contributed by atoms with van der Waals surface area (Å²) in [6, 6.07) is 3.47. The van der Waals surface area contributed by atoms with Crippen LogP contribution in [0.5, 0.6) is 11.5 Å². The minimum atomic E-state index is -0.804. The number of amides is 1. The number of piperidine rings is 1. The van der Waals surface area contributed by atoms with Crippen LogP contribution in [0.25, 0.3) is 0 Å². The molecule has 1 aromatic carbocycles. The van der Waals surface area contributed by atoms with Crippen molar-refractivity contribution in [1.82, 2.24) is 4.90 Å². The standard InChI is InChI=1S/C31H29NO9/c33-28(36-14-17-1-2-17)32-12-11-31-21-8-10-24(40-30(35)38-16-19-5-6-19)27(31)41-26-23(39-29(34)37-15-18-3-4-18)9-7-20(25(26)31)13-22(21)32/h1,3,5-10,19,21-22,24,27H,2,4,11-16H2/t21?,22-,24?,27+,31+/m1/s1. The first kappa shape index (κ1) is 24.6. The van der Waals surface area contributed by atoms with Crippen molar-refractivity contribution in [2.75, 3.05) is 26.4 Å². The van der Waals surface area contributed by atoms with E-state index in [2.05, 4.69) is 0 Å². The molecule has 10 heteroatoms. The number of hydrogen-bond donors (Lipinski definition) is 0. The number of ether oxygens (including phenoxy) is 6. The number of likely N-dealkylation sites (tertiary alicyclic amines) is 1. The van der Waals surface area contributed by atoms with Gasteiger partial charge in [-0.05, 0) is 54.5 Å². The summed E-state index contributed by atoms with van der Waals surface area (Å²) in [4.78, 5) is 40.2. The Balaban J connectivity index is 1.11. The molecule has 1 spiro atoms. The Morgan fingerprint density at radius 3 is 2.49 bits per heavy atom. The van der Waals surface area contributed by atoms with Gasteiger partial charge in [-0.15, -0.1) is 0 Å². The van der Waals surface area contributed by atoms with Gasteiger partial charge in [-0.1, -0.05) is 36.4 Å². The number of hydrogen-bond acceptors (Lipinski definition) is 9. The van der Waals surface area contributed by atoms with E-state index >= 15 is 0 Å². The maximum atomic E-state index is 13.2. The highest BCUT2D eigenvalue weighted by Crippen LogP contribution is 2.63. The third-order valence-electron chi connectivity index (χ3n) is 9.10. The molecule has 41 heavy (non-hydrogen) atoms. The number of benzene rings is 1. The molecule has 1 aromatic rings. The van der Waals surface area contributed by atoms with Crippen molar-refractivity contribution in [1.29, 1.82) is 0 Å². The number of nitrogens with zero attached hydrogens (tertiary/aromatic N) is 1. The highest BCUT2D eigenvalue weighted by atomic mass is 16.7. The van der Waals surface area contributed by atoms with Gasteiger partial charge in [-0.3, -0.25) is 0 Å². The molecule has 2 unspecified atom stereocenters. The number of rotatable bonds is 8. The van der Waals surface area contributed by atoms with Gasteiger partial charge in [0.15, 0.2) is 17.6 Å². The first-order chi connectivity index (χ1) is 20.0. The van der Waals surface area contributed by atoms with E-state index < -0.39 is 29.9 Å². The van der Waals surface area contributed by atoms with E-state index in [-0.39, 0.29) is 42.9 Å². The Morgan fingerprint density at radius 1 is 0.951 bits per heavy atom. The smallest absolute Gasteiger partial charge is 0.481 e. The van der Waals surface area contributed by atoms with E-state index in [0.717, 1.165) is 35.1 Å². The van der Waals surface area contributed by atoms with E-state index in [1.165, 1.54) is 0 Å². The van der Waals surface area contributed by atoms with E-state index in [0.29, 0.717) is 31.7 Å². The van der Waals surface area contributed by atoms with Crippen LogP contribution in [0, 0.1) is 11.8 Å². The minimum absolute atomic E-state index is 0.113. The van der Waals surface area contributed by atoms with Gasteiger partial charge in [-0.2, -0.15) is 0 Å². The second-order valence-corrected chi connectivity index (χ2v) is 11.7. The van der Waals surface area contributed by atoms with Crippen molar-refractivity contribution in [2.24, 2.45) is 11.8 Å². The summed E-state index contributed by atoms with van der Waals surface area (Å²) in [5.41, 5.74) is 3.55. The van der Waals surface area contributed by atoms with Crippen molar-refractivity contribution in [3.8, 4) is 11.5 Å². The predicted molar refractivity (Wildman–Crippen MR) is 142 cm³/mol. The van der Waals surface area contributed by atoms with E-state index in [4.69, 9.17) is 28.4 Å². The third kappa shape index (κ3) is 4.27. The molecule has 1 saturated heterocycles. The molecule has 7 aliphatic rings. The van der Waals surface area contributed by atoms with E-state index in [1.54, 1.807) is 6.07 Å². The molecular weight excluding hydrogens is 530 g/mol. The molecule has 0 N–H and O–H groups in total. The summed E-state index contributed by atoms with van der Waals surface area (Å²) in [5.74, 6) is 0.776. The van der Waals surface area contributed by atoms with Crippen LogP contribution in [0.2, 0.25) is 0 Å². The van der Waals surface area contributed by atoms with Gasteiger partial charge >= 0.3 is 18.4 Å². The van der Waals surface area contributed by atoms with Crippen molar-refractivity contribution in [3.63, 3.8) is 0 Å². The monoisotopic (exact) mass is 559 g/mol. The first-order valence-electron chi connectivity index (χ1n) is 14.2. The molecular formula is C31H29NO9. The lowest BCUT2D eigenvalue weighted by Gasteiger charge is -2.56. The maximum Gasteiger partial charge on any atom is 0.514 e. The molecule has 2 heterocycles. The zero-order valence-electron chi connectivity index (χ0n) is 22.3. The molecule has 2 aliphatic heterocycles. The zero-order valence-corrected chi connectivity index (χ0v) is 22.3. The molecule has 8 rings (SSSR count). The van der Waals surface area contributed by atoms with Crippen molar-refractivity contribution >= 4 is 18.4 Å². The summed E-state index contributed by atoms with van der Waals surface area (Å²) in [6.07, 6.45) is 11.5. The van der Waals surface area contributed by atoms with Gasteiger partial charge in [0.05, 0.1) is 5.41 Å². The largest absolute Gasteiger partial charge is 0.514 e. The Kier molecular flexibility index (Phi) is 5.49. The number of allylic oxidation sites excluding steroid dienone is 2. The molecule has 212 valence electrons. The molecule has 1 fully saturated rings. The van der Waals surface area contributed by atoms with Crippen molar-refractivity contribution in [2.45, 2.75) is 49.3 Å². The normalized spacial score (nSPS) is 30.3. The Morgan fingerprint density at radius 2 is 1.73 bits per heavy atom. The summed E-state index contributed by atoms with van der Waals surface area (Å²) in [5, 5.41) is 0. The maximum absolute atomic E-state index is 13.2. The fourth-order valence-corrected chi connectivity index (χ4v) is 6.82. The molecule has 0 saturated carbocycles. The van der Waals surface area contributed by atoms with Crippen molar-refractivity contribution in [3.05, 3.63) is 70.9 Å². The first-order valence-corrected chi connectivity index (χ1v) is 14.2. The van der Waals surface area contributed by atoms with Crippen LogP contribution in [0.4, 0.5) is 14.4 Å². The quantitative estimate of drug-likeness (QED) is 0.196. The molecule has 5 atom stereocenters. The molecule has 0 aromatic heterocycles. The summed E-state index contributed by atoms with van der Waals surface area (Å²) in [6.45, 7) is 1.23. The minimum Gasteiger partial charge on any atom is -0.481 e. The average Bonchev–Trinajstić information content (AvgIpc) is 3.83. The highest BCUT2D eigenvalue weighted by Gasteiger charge is 2.66.